The summed E-state index contributed by atoms with van der Waals surface area (Å²) >= 11 is 7.82. The van der Waals surface area contributed by atoms with E-state index in [1.807, 2.05) is 31.2 Å². The first kappa shape index (κ1) is 19.5. The Kier molecular flexibility index (Phi) is 6.19. The first-order valence-electron chi connectivity index (χ1n) is 7.95. The number of amides is 2. The highest BCUT2D eigenvalue weighted by atomic mass is 32.2. The molecule has 0 aliphatic carbocycles. The van der Waals surface area contributed by atoms with Crippen molar-refractivity contribution in [3.63, 3.8) is 0 Å². The van der Waals surface area contributed by atoms with Gasteiger partial charge >= 0.3 is 0 Å². The van der Waals surface area contributed by atoms with E-state index in [0.29, 0.717) is 14.4 Å². The maximum atomic E-state index is 12.6. The number of carbonyl (C=O) groups is 2. The highest BCUT2D eigenvalue weighted by molar-refractivity contribution is 8.26. The third-order valence-electron chi connectivity index (χ3n) is 3.62. The molecule has 0 atom stereocenters. The minimum atomic E-state index is -0.237. The van der Waals surface area contributed by atoms with Gasteiger partial charge in [-0.05, 0) is 30.7 Å². The SMILES string of the molecule is COc1ccc(C=C2SC(=S)N(CCC(=O)Nc3nnc(C)s3)C2=O)cc1. The number of thiocarbonyl (C=S) groups is 1. The summed E-state index contributed by atoms with van der Waals surface area (Å²) in [6.07, 6.45) is 1.91. The Morgan fingerprint density at radius 3 is 2.70 bits per heavy atom. The van der Waals surface area contributed by atoms with E-state index in [1.165, 1.54) is 28.0 Å². The Bertz CT molecular complexity index is 908. The quantitative estimate of drug-likeness (QED) is 0.568. The van der Waals surface area contributed by atoms with Crippen molar-refractivity contribution < 1.29 is 14.3 Å². The van der Waals surface area contributed by atoms with Gasteiger partial charge in [0.2, 0.25) is 11.0 Å². The van der Waals surface area contributed by atoms with Gasteiger partial charge in [0.05, 0.1) is 12.0 Å². The van der Waals surface area contributed by atoms with Crippen LogP contribution in [0, 0.1) is 6.92 Å². The number of aromatic nitrogens is 2. The molecule has 1 saturated heterocycles. The van der Waals surface area contributed by atoms with Crippen molar-refractivity contribution in [1.29, 1.82) is 0 Å². The molecule has 2 aromatic rings. The van der Waals surface area contributed by atoms with E-state index in [2.05, 4.69) is 15.5 Å². The van der Waals surface area contributed by atoms with Crippen LogP contribution in [0.5, 0.6) is 5.75 Å². The molecule has 7 nitrogen and oxygen atoms in total. The van der Waals surface area contributed by atoms with E-state index in [1.54, 1.807) is 13.2 Å². The molecule has 140 valence electrons. The Labute approximate surface area is 169 Å². The number of rotatable bonds is 6. The molecule has 1 aromatic heterocycles. The van der Waals surface area contributed by atoms with Gasteiger partial charge in [-0.25, -0.2) is 0 Å². The number of nitrogens with zero attached hydrogens (tertiary/aromatic N) is 3. The molecule has 2 amide bonds. The van der Waals surface area contributed by atoms with E-state index >= 15 is 0 Å². The van der Waals surface area contributed by atoms with Gasteiger partial charge in [0.1, 0.15) is 15.1 Å². The zero-order valence-corrected chi connectivity index (χ0v) is 17.0. The summed E-state index contributed by atoms with van der Waals surface area (Å²) in [6, 6.07) is 7.38. The van der Waals surface area contributed by atoms with Crippen LogP contribution in [0.1, 0.15) is 17.0 Å². The van der Waals surface area contributed by atoms with E-state index < -0.39 is 0 Å². The average molecular weight is 421 g/mol. The minimum absolute atomic E-state index is 0.126. The number of carbonyl (C=O) groups excluding carboxylic acids is 2. The lowest BCUT2D eigenvalue weighted by atomic mass is 10.2. The molecule has 27 heavy (non-hydrogen) atoms. The molecule has 0 bridgehead atoms. The van der Waals surface area contributed by atoms with Gasteiger partial charge in [0.15, 0.2) is 0 Å². The summed E-state index contributed by atoms with van der Waals surface area (Å²) in [5, 5.41) is 11.6. The summed E-state index contributed by atoms with van der Waals surface area (Å²) in [5.74, 6) is 0.316. The van der Waals surface area contributed by atoms with Gasteiger partial charge in [0.25, 0.3) is 5.91 Å². The van der Waals surface area contributed by atoms with Crippen molar-refractivity contribution in [2.24, 2.45) is 0 Å². The monoisotopic (exact) mass is 420 g/mol. The Morgan fingerprint density at radius 1 is 1.33 bits per heavy atom. The number of ether oxygens (including phenoxy) is 1. The molecular formula is C17H16N4O3S3. The second-order valence-corrected chi connectivity index (χ2v) is 8.39. The molecule has 0 unspecified atom stereocenters. The molecular weight excluding hydrogens is 404 g/mol. The number of benzene rings is 1. The van der Waals surface area contributed by atoms with Gasteiger partial charge in [-0.15, -0.1) is 10.2 Å². The Hall–Kier alpha value is -2.30. The normalized spacial score (nSPS) is 15.5. The van der Waals surface area contributed by atoms with Crippen molar-refractivity contribution in [2.45, 2.75) is 13.3 Å². The van der Waals surface area contributed by atoms with Crippen molar-refractivity contribution in [1.82, 2.24) is 15.1 Å². The first-order chi connectivity index (χ1) is 13.0. The van der Waals surface area contributed by atoms with E-state index in [4.69, 9.17) is 17.0 Å². The topological polar surface area (TPSA) is 84.4 Å². The van der Waals surface area contributed by atoms with E-state index in [-0.39, 0.29) is 24.8 Å². The zero-order valence-electron chi connectivity index (χ0n) is 14.6. The second-order valence-electron chi connectivity index (χ2n) is 5.53. The number of aryl methyl sites for hydroxylation is 1. The number of nitrogens with one attached hydrogen (secondary N) is 1. The fourth-order valence-corrected chi connectivity index (χ4v) is 4.20. The standard InChI is InChI=1S/C17H16N4O3S3/c1-10-19-20-16(26-10)18-14(22)7-8-21-15(23)13(27-17(21)25)9-11-3-5-12(24-2)6-4-11/h3-6,9H,7-8H2,1-2H3,(H,18,20,22). The van der Waals surface area contributed by atoms with Crippen LogP contribution in [0.4, 0.5) is 5.13 Å². The molecule has 0 saturated carbocycles. The largest absolute Gasteiger partial charge is 0.497 e. The molecule has 1 N–H and O–H groups in total. The maximum Gasteiger partial charge on any atom is 0.266 e. The summed E-state index contributed by atoms with van der Waals surface area (Å²) in [5.41, 5.74) is 0.876. The highest BCUT2D eigenvalue weighted by Gasteiger charge is 2.32. The lowest BCUT2D eigenvalue weighted by Gasteiger charge is -2.13. The predicted molar refractivity (Wildman–Crippen MR) is 111 cm³/mol. The lowest BCUT2D eigenvalue weighted by Crippen LogP contribution is -2.31. The molecule has 3 rings (SSSR count). The number of thioether (sulfide) groups is 1. The number of methoxy groups -OCH3 is 1. The zero-order chi connectivity index (χ0) is 19.4. The van der Waals surface area contributed by atoms with Crippen LogP contribution in [0.3, 0.4) is 0 Å². The van der Waals surface area contributed by atoms with Crippen molar-refractivity contribution in [3.05, 3.63) is 39.7 Å². The summed E-state index contributed by atoms with van der Waals surface area (Å²) in [6.45, 7) is 2.02. The molecule has 1 aliphatic rings. The summed E-state index contributed by atoms with van der Waals surface area (Å²) in [7, 11) is 1.60. The van der Waals surface area contributed by atoms with Gasteiger partial charge in [0, 0.05) is 13.0 Å². The maximum absolute atomic E-state index is 12.6. The molecule has 10 heteroatoms. The third-order valence-corrected chi connectivity index (χ3v) is 5.75. The summed E-state index contributed by atoms with van der Waals surface area (Å²) < 4.78 is 5.57. The van der Waals surface area contributed by atoms with Crippen LogP contribution in [-0.2, 0) is 9.59 Å². The van der Waals surface area contributed by atoms with Crippen LogP contribution < -0.4 is 10.1 Å². The molecule has 1 aromatic carbocycles. The van der Waals surface area contributed by atoms with Gasteiger partial charge in [-0.3, -0.25) is 14.5 Å². The molecule has 0 spiro atoms. The van der Waals surface area contributed by atoms with Crippen LogP contribution in [0.25, 0.3) is 6.08 Å². The fraction of sp³-hybridized carbons (Fsp3) is 0.235. The lowest BCUT2D eigenvalue weighted by molar-refractivity contribution is -0.122. The van der Waals surface area contributed by atoms with Crippen LogP contribution in [0.15, 0.2) is 29.2 Å². The van der Waals surface area contributed by atoms with Gasteiger partial charge in [-0.2, -0.15) is 0 Å². The smallest absolute Gasteiger partial charge is 0.266 e. The van der Waals surface area contributed by atoms with Crippen molar-refractivity contribution in [2.75, 3.05) is 19.0 Å². The van der Waals surface area contributed by atoms with Crippen molar-refractivity contribution in [3.8, 4) is 5.75 Å². The van der Waals surface area contributed by atoms with E-state index in [0.717, 1.165) is 16.3 Å². The Morgan fingerprint density at radius 2 is 2.07 bits per heavy atom. The number of anilines is 1. The predicted octanol–water partition coefficient (Wildman–Crippen LogP) is 3.09. The van der Waals surface area contributed by atoms with Crippen molar-refractivity contribution >= 4 is 62.7 Å². The Balaban J connectivity index is 1.60. The molecule has 1 aliphatic heterocycles. The van der Waals surface area contributed by atoms with Gasteiger partial charge in [-0.1, -0.05) is 47.4 Å². The van der Waals surface area contributed by atoms with Crippen LogP contribution in [0.2, 0.25) is 0 Å². The number of hydrogen-bond acceptors (Lipinski definition) is 8. The van der Waals surface area contributed by atoms with Gasteiger partial charge < -0.3 is 10.1 Å². The molecule has 2 heterocycles. The first-order valence-corrected chi connectivity index (χ1v) is 10.00. The van der Waals surface area contributed by atoms with E-state index in [9.17, 15) is 9.59 Å². The van der Waals surface area contributed by atoms with Crippen LogP contribution >= 0.6 is 35.3 Å². The average Bonchev–Trinajstić information content (AvgIpc) is 3.17. The second kappa shape index (κ2) is 8.59. The third kappa shape index (κ3) is 4.90. The molecule has 0 radical (unpaired) electrons. The van der Waals surface area contributed by atoms with Crippen LogP contribution in [-0.4, -0.2) is 44.9 Å². The minimum Gasteiger partial charge on any atom is -0.497 e. The fourth-order valence-electron chi connectivity index (χ4n) is 2.29. The highest BCUT2D eigenvalue weighted by Crippen LogP contribution is 2.32. The molecule has 1 fully saturated rings. The summed E-state index contributed by atoms with van der Waals surface area (Å²) in [4.78, 5) is 26.6. The number of hydrogen-bond donors (Lipinski definition) is 1.